The molecule has 4 nitrogen and oxygen atoms in total. The largest absolute Gasteiger partial charge is 0.384 e. The third-order valence-electron chi connectivity index (χ3n) is 3.46. The van der Waals surface area contributed by atoms with Crippen molar-refractivity contribution in [2.75, 3.05) is 31.2 Å². The van der Waals surface area contributed by atoms with Crippen molar-refractivity contribution < 1.29 is 8.42 Å². The van der Waals surface area contributed by atoms with Gasteiger partial charge in [-0.15, -0.1) is 0 Å². The molecule has 1 atom stereocenters. The molecule has 1 aliphatic heterocycles. The maximum Gasteiger partial charge on any atom is 0.211 e. The molecular formula is C13H18BrClN2O2S. The van der Waals surface area contributed by atoms with Crippen LogP contribution in [-0.2, 0) is 10.0 Å². The number of halogens is 2. The molecule has 0 saturated carbocycles. The Morgan fingerprint density at radius 2 is 2.25 bits per heavy atom. The van der Waals surface area contributed by atoms with Gasteiger partial charge in [0.05, 0.1) is 17.0 Å². The van der Waals surface area contributed by atoms with Crippen molar-refractivity contribution in [2.45, 2.75) is 12.8 Å². The SMILES string of the molecule is CS(=O)(=O)N1CCCC(CNc2ccc(Br)cc2Cl)C1. The van der Waals surface area contributed by atoms with Gasteiger partial charge in [0.25, 0.3) is 0 Å². The average molecular weight is 382 g/mol. The van der Waals surface area contributed by atoms with Gasteiger partial charge >= 0.3 is 0 Å². The van der Waals surface area contributed by atoms with Gasteiger partial charge in [0, 0.05) is 24.1 Å². The van der Waals surface area contributed by atoms with Gasteiger partial charge in [-0.25, -0.2) is 12.7 Å². The maximum atomic E-state index is 11.6. The van der Waals surface area contributed by atoms with Crippen LogP contribution in [0.3, 0.4) is 0 Å². The molecule has 0 bridgehead atoms. The molecule has 112 valence electrons. The van der Waals surface area contributed by atoms with Crippen molar-refractivity contribution in [2.24, 2.45) is 5.92 Å². The number of nitrogens with zero attached hydrogens (tertiary/aromatic N) is 1. The monoisotopic (exact) mass is 380 g/mol. The zero-order chi connectivity index (χ0) is 14.8. The van der Waals surface area contributed by atoms with Gasteiger partial charge < -0.3 is 5.32 Å². The highest BCUT2D eigenvalue weighted by Gasteiger charge is 2.25. The molecule has 1 fully saturated rings. The highest BCUT2D eigenvalue weighted by molar-refractivity contribution is 9.10. The molecule has 1 heterocycles. The summed E-state index contributed by atoms with van der Waals surface area (Å²) in [4.78, 5) is 0. The summed E-state index contributed by atoms with van der Waals surface area (Å²) in [6, 6.07) is 5.69. The van der Waals surface area contributed by atoms with Crippen LogP contribution in [0.2, 0.25) is 5.02 Å². The molecule has 1 saturated heterocycles. The fourth-order valence-corrected chi connectivity index (χ4v) is 4.06. The van der Waals surface area contributed by atoms with E-state index in [-0.39, 0.29) is 0 Å². The quantitative estimate of drug-likeness (QED) is 0.871. The van der Waals surface area contributed by atoms with Crippen molar-refractivity contribution in [3.63, 3.8) is 0 Å². The maximum absolute atomic E-state index is 11.6. The standard InChI is InChI=1S/C13H18BrClN2O2S/c1-20(18,19)17-6-2-3-10(9-17)8-16-13-5-4-11(14)7-12(13)15/h4-5,7,10,16H,2-3,6,8-9H2,1H3. The van der Waals surface area contributed by atoms with Crippen molar-refractivity contribution in [3.8, 4) is 0 Å². The molecule has 1 N–H and O–H groups in total. The summed E-state index contributed by atoms with van der Waals surface area (Å²) in [7, 11) is -3.08. The summed E-state index contributed by atoms with van der Waals surface area (Å²) in [5.74, 6) is 0.318. The van der Waals surface area contributed by atoms with E-state index >= 15 is 0 Å². The van der Waals surface area contributed by atoms with Crippen LogP contribution in [0.4, 0.5) is 5.69 Å². The summed E-state index contributed by atoms with van der Waals surface area (Å²) in [6.45, 7) is 1.95. The van der Waals surface area contributed by atoms with E-state index in [1.807, 2.05) is 18.2 Å². The molecule has 7 heteroatoms. The summed E-state index contributed by atoms with van der Waals surface area (Å²) >= 11 is 9.52. The average Bonchev–Trinajstić information content (AvgIpc) is 2.37. The van der Waals surface area contributed by atoms with Gasteiger partial charge in [0.15, 0.2) is 0 Å². The summed E-state index contributed by atoms with van der Waals surface area (Å²) in [5.41, 5.74) is 0.881. The number of anilines is 1. The topological polar surface area (TPSA) is 49.4 Å². The number of piperidine rings is 1. The van der Waals surface area contributed by atoms with E-state index < -0.39 is 10.0 Å². The van der Waals surface area contributed by atoms with E-state index in [4.69, 9.17) is 11.6 Å². The Labute approximate surface area is 133 Å². The second kappa shape index (κ2) is 6.64. The number of hydrogen-bond acceptors (Lipinski definition) is 3. The lowest BCUT2D eigenvalue weighted by Crippen LogP contribution is -2.41. The minimum atomic E-state index is -3.08. The van der Waals surface area contributed by atoms with E-state index in [0.29, 0.717) is 24.0 Å². The Morgan fingerprint density at radius 3 is 2.90 bits per heavy atom. The molecule has 0 aliphatic carbocycles. The molecule has 0 aromatic heterocycles. The molecule has 1 aromatic rings. The molecule has 0 radical (unpaired) electrons. The number of benzene rings is 1. The van der Waals surface area contributed by atoms with Gasteiger partial charge in [0.2, 0.25) is 10.0 Å². The van der Waals surface area contributed by atoms with E-state index in [2.05, 4.69) is 21.2 Å². The fraction of sp³-hybridized carbons (Fsp3) is 0.538. The molecule has 2 rings (SSSR count). The number of rotatable bonds is 4. The highest BCUT2D eigenvalue weighted by Crippen LogP contribution is 2.26. The predicted octanol–water partition coefficient (Wildman–Crippen LogP) is 3.19. The molecule has 0 amide bonds. The first-order chi connectivity index (χ1) is 9.36. The summed E-state index contributed by atoms with van der Waals surface area (Å²) < 4.78 is 25.7. The van der Waals surface area contributed by atoms with Crippen LogP contribution in [0.25, 0.3) is 0 Å². The van der Waals surface area contributed by atoms with Gasteiger partial charge in [0.1, 0.15) is 0 Å². The number of sulfonamides is 1. The van der Waals surface area contributed by atoms with Crippen LogP contribution in [0.15, 0.2) is 22.7 Å². The molecule has 20 heavy (non-hydrogen) atoms. The summed E-state index contributed by atoms with van der Waals surface area (Å²) in [6.07, 6.45) is 3.22. The fourth-order valence-electron chi connectivity index (χ4n) is 2.38. The third kappa shape index (κ3) is 4.35. The van der Waals surface area contributed by atoms with Gasteiger partial charge in [-0.05, 0) is 37.0 Å². The van der Waals surface area contributed by atoms with Crippen molar-refractivity contribution in [3.05, 3.63) is 27.7 Å². The Balaban J connectivity index is 1.94. The zero-order valence-corrected chi connectivity index (χ0v) is 14.4. The lowest BCUT2D eigenvalue weighted by Gasteiger charge is -2.31. The second-order valence-corrected chi connectivity index (χ2v) is 8.44. The summed E-state index contributed by atoms with van der Waals surface area (Å²) in [5, 5.41) is 3.97. The van der Waals surface area contributed by atoms with Crippen molar-refractivity contribution >= 4 is 43.2 Å². The Kier molecular flexibility index (Phi) is 5.34. The number of nitrogens with one attached hydrogen (secondary N) is 1. The van der Waals surface area contributed by atoms with E-state index in [0.717, 1.165) is 29.5 Å². The first kappa shape index (κ1) is 16.1. The normalized spacial score (nSPS) is 20.9. The zero-order valence-electron chi connectivity index (χ0n) is 11.3. The molecule has 0 spiro atoms. The Bertz CT molecular complexity index is 580. The van der Waals surface area contributed by atoms with Gasteiger partial charge in [-0.3, -0.25) is 0 Å². The van der Waals surface area contributed by atoms with E-state index in [9.17, 15) is 8.42 Å². The minimum absolute atomic E-state index is 0.318. The van der Waals surface area contributed by atoms with E-state index in [1.54, 1.807) is 4.31 Å². The first-order valence-electron chi connectivity index (χ1n) is 6.50. The molecule has 1 aromatic carbocycles. The molecule has 1 unspecified atom stereocenters. The van der Waals surface area contributed by atoms with E-state index in [1.165, 1.54) is 6.26 Å². The highest BCUT2D eigenvalue weighted by atomic mass is 79.9. The minimum Gasteiger partial charge on any atom is -0.384 e. The Hall–Kier alpha value is -0.300. The lowest BCUT2D eigenvalue weighted by molar-refractivity contribution is 0.277. The third-order valence-corrected chi connectivity index (χ3v) is 5.54. The lowest BCUT2D eigenvalue weighted by atomic mass is 9.99. The molecular weight excluding hydrogens is 364 g/mol. The smallest absolute Gasteiger partial charge is 0.211 e. The van der Waals surface area contributed by atoms with Crippen LogP contribution < -0.4 is 5.32 Å². The Morgan fingerprint density at radius 1 is 1.50 bits per heavy atom. The van der Waals surface area contributed by atoms with Crippen LogP contribution in [0.1, 0.15) is 12.8 Å². The van der Waals surface area contributed by atoms with Crippen molar-refractivity contribution in [1.29, 1.82) is 0 Å². The van der Waals surface area contributed by atoms with Crippen molar-refractivity contribution in [1.82, 2.24) is 4.31 Å². The second-order valence-electron chi connectivity index (χ2n) is 5.13. The van der Waals surface area contributed by atoms with Crippen LogP contribution >= 0.6 is 27.5 Å². The number of hydrogen-bond donors (Lipinski definition) is 1. The predicted molar refractivity (Wildman–Crippen MR) is 86.8 cm³/mol. The van der Waals surface area contributed by atoms with Crippen LogP contribution in [-0.4, -0.2) is 38.6 Å². The van der Waals surface area contributed by atoms with Gasteiger partial charge in [-0.2, -0.15) is 0 Å². The van der Waals surface area contributed by atoms with Crippen LogP contribution in [0.5, 0.6) is 0 Å². The van der Waals surface area contributed by atoms with Crippen LogP contribution in [0, 0.1) is 5.92 Å². The first-order valence-corrected chi connectivity index (χ1v) is 9.52. The van der Waals surface area contributed by atoms with Gasteiger partial charge in [-0.1, -0.05) is 27.5 Å². The molecule has 1 aliphatic rings.